The van der Waals surface area contributed by atoms with E-state index in [9.17, 15) is 9.59 Å². The van der Waals surface area contributed by atoms with Crippen LogP contribution >= 0.6 is 0 Å². The van der Waals surface area contributed by atoms with Gasteiger partial charge in [0.05, 0.1) is 6.61 Å². The molecule has 0 aromatic heterocycles. The Labute approximate surface area is 117 Å². The molecule has 20 heavy (non-hydrogen) atoms. The van der Waals surface area contributed by atoms with E-state index in [0.717, 1.165) is 4.90 Å². The van der Waals surface area contributed by atoms with Gasteiger partial charge in [-0.1, -0.05) is 13.8 Å². The van der Waals surface area contributed by atoms with E-state index in [1.165, 1.54) is 0 Å². The van der Waals surface area contributed by atoms with Crippen molar-refractivity contribution in [3.05, 3.63) is 0 Å². The van der Waals surface area contributed by atoms with Crippen LogP contribution in [0.1, 0.15) is 27.7 Å². The molecule has 0 saturated carbocycles. The van der Waals surface area contributed by atoms with Crippen molar-refractivity contribution in [3.8, 4) is 0 Å². The lowest BCUT2D eigenvalue weighted by Crippen LogP contribution is -2.50. The Hall–Kier alpha value is -1.18. The molecule has 2 amide bonds. The van der Waals surface area contributed by atoms with Crippen molar-refractivity contribution in [2.24, 2.45) is 5.92 Å². The number of carbonyl (C=O) groups excluding carboxylic acids is 2. The summed E-state index contributed by atoms with van der Waals surface area (Å²) in [5.41, 5.74) is 0. The van der Waals surface area contributed by atoms with Gasteiger partial charge in [-0.3, -0.25) is 4.79 Å². The highest BCUT2D eigenvalue weighted by Crippen LogP contribution is 2.39. The Kier molecular flexibility index (Phi) is 3.04. The summed E-state index contributed by atoms with van der Waals surface area (Å²) < 4.78 is 22.3. The van der Waals surface area contributed by atoms with E-state index in [4.69, 9.17) is 18.9 Å². The SMILES string of the molecule is CC(C)C(=O)N1C(=O)O[C@@H]2[C@H]3OC(C)(C)OC[C@H]3O[C@@H]21. The van der Waals surface area contributed by atoms with E-state index < -0.39 is 30.3 Å². The molecule has 0 unspecified atom stereocenters. The third-order valence-electron chi connectivity index (χ3n) is 3.72. The summed E-state index contributed by atoms with van der Waals surface area (Å²) in [6.07, 6.45) is -2.69. The maximum Gasteiger partial charge on any atom is 0.419 e. The van der Waals surface area contributed by atoms with Gasteiger partial charge in [-0.15, -0.1) is 0 Å². The molecule has 7 nitrogen and oxygen atoms in total. The van der Waals surface area contributed by atoms with Crippen LogP contribution in [0.15, 0.2) is 0 Å². The molecule has 0 aliphatic carbocycles. The minimum absolute atomic E-state index is 0.304. The van der Waals surface area contributed by atoms with Gasteiger partial charge >= 0.3 is 6.09 Å². The van der Waals surface area contributed by atoms with Gasteiger partial charge < -0.3 is 18.9 Å². The fraction of sp³-hybridized carbons (Fsp3) is 0.846. The Balaban J connectivity index is 1.82. The normalized spacial score (nSPS) is 38.6. The van der Waals surface area contributed by atoms with Crippen LogP contribution in [0.2, 0.25) is 0 Å². The predicted molar refractivity (Wildman–Crippen MR) is 65.5 cm³/mol. The summed E-state index contributed by atoms with van der Waals surface area (Å²) in [5, 5.41) is 0. The summed E-state index contributed by atoms with van der Waals surface area (Å²) >= 11 is 0. The minimum atomic E-state index is -0.749. The van der Waals surface area contributed by atoms with Gasteiger partial charge in [-0.05, 0) is 13.8 Å². The first-order valence-corrected chi connectivity index (χ1v) is 6.81. The van der Waals surface area contributed by atoms with E-state index in [2.05, 4.69) is 0 Å². The molecule has 0 spiro atoms. The third kappa shape index (κ3) is 2.01. The molecule has 3 fully saturated rings. The number of ether oxygens (including phenoxy) is 4. The summed E-state index contributed by atoms with van der Waals surface area (Å²) in [4.78, 5) is 25.0. The standard InChI is InChI=1S/C13H19NO6/c1-6(2)10(15)14-11-9(19-12(14)16)8-7(18-11)5-17-13(3,4)20-8/h6-9,11H,5H2,1-4H3/t7-,8+,9-,11+/m1/s1. The first-order chi connectivity index (χ1) is 9.30. The highest BCUT2D eigenvalue weighted by molar-refractivity contribution is 5.94. The van der Waals surface area contributed by atoms with Crippen LogP contribution in [-0.4, -0.2) is 53.8 Å². The maximum absolute atomic E-state index is 12.1. The van der Waals surface area contributed by atoms with Gasteiger partial charge in [-0.2, -0.15) is 0 Å². The molecule has 3 rings (SSSR count). The molecular weight excluding hydrogens is 266 g/mol. The zero-order valence-corrected chi connectivity index (χ0v) is 12.0. The van der Waals surface area contributed by atoms with Crippen LogP contribution in [0.4, 0.5) is 4.79 Å². The number of amides is 2. The van der Waals surface area contributed by atoms with Crippen molar-refractivity contribution >= 4 is 12.0 Å². The highest BCUT2D eigenvalue weighted by atomic mass is 16.8. The second-order valence-electron chi connectivity index (χ2n) is 6.07. The van der Waals surface area contributed by atoms with Crippen LogP contribution < -0.4 is 0 Å². The first kappa shape index (κ1) is 13.8. The van der Waals surface area contributed by atoms with E-state index in [1.807, 2.05) is 0 Å². The monoisotopic (exact) mass is 285 g/mol. The smallest absolute Gasteiger partial charge is 0.419 e. The molecule has 0 N–H and O–H groups in total. The Morgan fingerprint density at radius 3 is 2.70 bits per heavy atom. The molecule has 112 valence electrons. The van der Waals surface area contributed by atoms with Crippen LogP contribution in [0.5, 0.6) is 0 Å². The predicted octanol–water partition coefficient (Wildman–Crippen LogP) is 0.866. The average Bonchev–Trinajstić information content (AvgIpc) is 2.82. The fourth-order valence-electron chi connectivity index (χ4n) is 2.73. The molecule has 3 saturated heterocycles. The second-order valence-corrected chi connectivity index (χ2v) is 6.07. The van der Waals surface area contributed by atoms with Crippen molar-refractivity contribution in [2.45, 2.75) is 58.0 Å². The minimum Gasteiger partial charge on any atom is -0.438 e. The zero-order chi connectivity index (χ0) is 14.7. The van der Waals surface area contributed by atoms with E-state index in [-0.39, 0.29) is 17.9 Å². The van der Waals surface area contributed by atoms with Crippen molar-refractivity contribution in [1.82, 2.24) is 4.90 Å². The molecule has 3 aliphatic rings. The molecule has 0 aromatic carbocycles. The Morgan fingerprint density at radius 1 is 1.35 bits per heavy atom. The number of carbonyl (C=O) groups is 2. The summed E-state index contributed by atoms with van der Waals surface area (Å²) in [6.45, 7) is 7.40. The fourth-order valence-corrected chi connectivity index (χ4v) is 2.73. The third-order valence-corrected chi connectivity index (χ3v) is 3.72. The maximum atomic E-state index is 12.1. The quantitative estimate of drug-likeness (QED) is 0.711. The average molecular weight is 285 g/mol. The van der Waals surface area contributed by atoms with Crippen molar-refractivity contribution in [3.63, 3.8) is 0 Å². The van der Waals surface area contributed by atoms with Crippen molar-refractivity contribution in [2.75, 3.05) is 6.61 Å². The topological polar surface area (TPSA) is 74.3 Å². The number of rotatable bonds is 1. The summed E-state index contributed by atoms with van der Waals surface area (Å²) in [6, 6.07) is 0. The van der Waals surface area contributed by atoms with Gasteiger partial charge in [-0.25, -0.2) is 9.69 Å². The molecule has 0 bridgehead atoms. The second kappa shape index (κ2) is 4.41. The first-order valence-electron chi connectivity index (χ1n) is 6.81. The van der Waals surface area contributed by atoms with Gasteiger partial charge in [0, 0.05) is 5.92 Å². The van der Waals surface area contributed by atoms with E-state index in [1.54, 1.807) is 27.7 Å². The van der Waals surface area contributed by atoms with E-state index in [0.29, 0.717) is 6.61 Å². The summed E-state index contributed by atoms with van der Waals surface area (Å²) in [7, 11) is 0. The van der Waals surface area contributed by atoms with Gasteiger partial charge in [0.15, 0.2) is 18.1 Å². The lowest BCUT2D eigenvalue weighted by molar-refractivity contribution is -0.301. The van der Waals surface area contributed by atoms with Gasteiger partial charge in [0.2, 0.25) is 5.91 Å². The van der Waals surface area contributed by atoms with E-state index >= 15 is 0 Å². The van der Waals surface area contributed by atoms with Crippen LogP contribution in [-0.2, 0) is 23.7 Å². The number of nitrogens with zero attached hydrogens (tertiary/aromatic N) is 1. The highest BCUT2D eigenvalue weighted by Gasteiger charge is 2.60. The van der Waals surface area contributed by atoms with Gasteiger partial charge in [0.25, 0.3) is 0 Å². The van der Waals surface area contributed by atoms with Crippen LogP contribution in [0, 0.1) is 5.92 Å². The molecule has 3 heterocycles. The van der Waals surface area contributed by atoms with Crippen LogP contribution in [0.25, 0.3) is 0 Å². The number of hydrogen-bond acceptors (Lipinski definition) is 6. The summed E-state index contributed by atoms with van der Waals surface area (Å²) in [5.74, 6) is -1.36. The van der Waals surface area contributed by atoms with Crippen molar-refractivity contribution in [1.29, 1.82) is 0 Å². The molecule has 4 atom stereocenters. The Morgan fingerprint density at radius 2 is 2.05 bits per heavy atom. The number of hydrogen-bond donors (Lipinski definition) is 0. The Bertz CT molecular complexity index is 448. The lowest BCUT2D eigenvalue weighted by atomic mass is 10.1. The van der Waals surface area contributed by atoms with Gasteiger partial charge in [0.1, 0.15) is 12.2 Å². The number of imide groups is 1. The zero-order valence-electron chi connectivity index (χ0n) is 12.0. The molecule has 0 aromatic rings. The molecular formula is C13H19NO6. The van der Waals surface area contributed by atoms with Crippen LogP contribution in [0.3, 0.4) is 0 Å². The molecule has 7 heteroatoms. The largest absolute Gasteiger partial charge is 0.438 e. The number of fused-ring (bicyclic) bond motifs is 3. The lowest BCUT2D eigenvalue weighted by Gasteiger charge is -2.37. The van der Waals surface area contributed by atoms with Crippen molar-refractivity contribution < 1.29 is 28.5 Å². The molecule has 3 aliphatic heterocycles. The molecule has 0 radical (unpaired) electrons.